The Morgan fingerprint density at radius 1 is 0.927 bits per heavy atom. The van der Waals surface area contributed by atoms with Gasteiger partial charge in [-0.15, -0.1) is 11.3 Å². The van der Waals surface area contributed by atoms with Crippen LogP contribution in [0.15, 0.2) is 58.9 Å². The number of nitrogens with zero attached hydrogens (tertiary/aromatic N) is 5. The van der Waals surface area contributed by atoms with Crippen LogP contribution in [0.2, 0.25) is 5.02 Å². The van der Waals surface area contributed by atoms with Crippen molar-refractivity contribution in [3.05, 3.63) is 75.8 Å². The maximum Gasteiger partial charge on any atom is 0.148 e. The van der Waals surface area contributed by atoms with E-state index in [0.29, 0.717) is 44.1 Å². The molecular weight excluding hydrogens is 574 g/mol. The van der Waals surface area contributed by atoms with E-state index in [9.17, 15) is 10.5 Å². The molecule has 7 nitrogen and oxygen atoms in total. The predicted octanol–water partition coefficient (Wildman–Crippen LogP) is 7.31. The number of ether oxygens (including phenoxy) is 1. The first-order valence-electron chi connectivity index (χ1n) is 13.4. The number of aliphatic hydroxyl groups is 1. The summed E-state index contributed by atoms with van der Waals surface area (Å²) in [6, 6.07) is 19.6. The third-order valence-electron chi connectivity index (χ3n) is 6.78. The van der Waals surface area contributed by atoms with Crippen LogP contribution in [0.3, 0.4) is 0 Å². The Balaban J connectivity index is 1.53. The first kappa shape index (κ1) is 28.9. The van der Waals surface area contributed by atoms with Gasteiger partial charge in [-0.25, -0.2) is 9.97 Å². The molecular formula is C31H28ClN5O2S2. The molecule has 1 aliphatic rings. The smallest absolute Gasteiger partial charge is 0.148 e. The Kier molecular flexibility index (Phi) is 9.76. The van der Waals surface area contributed by atoms with Crippen LogP contribution >= 0.6 is 34.7 Å². The number of benzene rings is 2. The van der Waals surface area contributed by atoms with Crippen molar-refractivity contribution in [3.63, 3.8) is 0 Å². The van der Waals surface area contributed by atoms with Gasteiger partial charge in [0.2, 0.25) is 0 Å². The molecule has 10 heteroatoms. The highest BCUT2D eigenvalue weighted by atomic mass is 35.5. The van der Waals surface area contributed by atoms with Crippen molar-refractivity contribution in [2.75, 3.05) is 31.2 Å². The molecule has 0 aliphatic carbocycles. The SMILES string of the molecule is N#Cc1c(SCc2csc(-c3ccc(Cl)cc3)n2)nc(N2CCCCCC2)c(C#N)c1-c1ccc(OCCO)cc1. The number of hydrogen-bond acceptors (Lipinski definition) is 9. The monoisotopic (exact) mass is 601 g/mol. The van der Waals surface area contributed by atoms with Crippen molar-refractivity contribution in [3.8, 4) is 39.6 Å². The second-order valence-corrected chi connectivity index (χ2v) is 11.8. The molecule has 1 N–H and O–H groups in total. The summed E-state index contributed by atoms with van der Waals surface area (Å²) in [5.41, 5.74) is 4.01. The summed E-state index contributed by atoms with van der Waals surface area (Å²) in [7, 11) is 0. The van der Waals surface area contributed by atoms with Crippen molar-refractivity contribution < 1.29 is 9.84 Å². The molecule has 4 aromatic rings. The molecule has 0 spiro atoms. The Morgan fingerprint density at radius 2 is 1.61 bits per heavy atom. The first-order chi connectivity index (χ1) is 20.1. The molecule has 1 aliphatic heterocycles. The summed E-state index contributed by atoms with van der Waals surface area (Å²) in [5, 5.41) is 34.0. The van der Waals surface area contributed by atoms with E-state index in [2.05, 4.69) is 17.0 Å². The molecule has 2 aromatic carbocycles. The van der Waals surface area contributed by atoms with Crippen LogP contribution < -0.4 is 9.64 Å². The van der Waals surface area contributed by atoms with Crippen LogP contribution in [0.4, 0.5) is 5.82 Å². The molecule has 0 unspecified atom stereocenters. The molecule has 208 valence electrons. The lowest BCUT2D eigenvalue weighted by Gasteiger charge is -2.25. The van der Waals surface area contributed by atoms with Gasteiger partial charge in [0.15, 0.2) is 0 Å². The Morgan fingerprint density at radius 3 is 2.27 bits per heavy atom. The second-order valence-electron chi connectivity index (χ2n) is 9.53. The minimum absolute atomic E-state index is 0.0801. The number of rotatable bonds is 9. The van der Waals surface area contributed by atoms with Gasteiger partial charge in [-0.2, -0.15) is 10.5 Å². The van der Waals surface area contributed by atoms with Gasteiger partial charge >= 0.3 is 0 Å². The normalized spacial score (nSPS) is 13.3. The summed E-state index contributed by atoms with van der Waals surface area (Å²) in [4.78, 5) is 12.0. The molecule has 41 heavy (non-hydrogen) atoms. The van der Waals surface area contributed by atoms with E-state index in [-0.39, 0.29) is 13.2 Å². The molecule has 3 heterocycles. The number of aliphatic hydroxyl groups excluding tert-OH is 1. The van der Waals surface area contributed by atoms with Crippen molar-refractivity contribution in [2.45, 2.75) is 36.5 Å². The van der Waals surface area contributed by atoms with E-state index in [0.717, 1.165) is 60.6 Å². The molecule has 1 fully saturated rings. The lowest BCUT2D eigenvalue weighted by molar-refractivity contribution is 0.201. The Labute approximate surface area is 253 Å². The van der Waals surface area contributed by atoms with E-state index in [1.165, 1.54) is 11.8 Å². The zero-order valence-electron chi connectivity index (χ0n) is 22.3. The number of nitriles is 2. The largest absolute Gasteiger partial charge is 0.491 e. The maximum absolute atomic E-state index is 10.4. The third-order valence-corrected chi connectivity index (χ3v) is 8.98. The first-order valence-corrected chi connectivity index (χ1v) is 15.7. The molecule has 0 radical (unpaired) electrons. The molecule has 0 bridgehead atoms. The number of anilines is 1. The maximum atomic E-state index is 10.4. The standard InChI is InChI=1S/C31H28ClN5O2S2/c32-23-9-5-22(6-10-23)30-35-24(19-40-30)20-41-31-27(18-34)28(21-7-11-25(12-8-21)39-16-15-38)26(17-33)29(36-31)37-13-3-1-2-4-14-37/h5-12,19,38H,1-4,13-16,20H2. The highest BCUT2D eigenvalue weighted by Crippen LogP contribution is 2.40. The van der Waals surface area contributed by atoms with Crippen molar-refractivity contribution >= 4 is 40.5 Å². The summed E-state index contributed by atoms with van der Waals surface area (Å²) in [6.07, 6.45) is 4.37. The van der Waals surface area contributed by atoms with Crippen LogP contribution in [-0.2, 0) is 5.75 Å². The van der Waals surface area contributed by atoms with Crippen LogP contribution in [0.1, 0.15) is 42.5 Å². The number of aromatic nitrogens is 2. The fraction of sp³-hybridized carbons (Fsp3) is 0.290. The number of halogens is 1. The molecule has 0 saturated carbocycles. The third kappa shape index (κ3) is 6.83. The molecule has 5 rings (SSSR count). The van der Waals surface area contributed by atoms with Gasteiger partial charge in [0.25, 0.3) is 0 Å². The molecule has 2 aromatic heterocycles. The lowest BCUT2D eigenvalue weighted by Crippen LogP contribution is -2.26. The second kappa shape index (κ2) is 13.8. The van der Waals surface area contributed by atoms with Crippen molar-refractivity contribution in [1.82, 2.24) is 9.97 Å². The summed E-state index contributed by atoms with van der Waals surface area (Å²) in [5.74, 6) is 1.77. The van der Waals surface area contributed by atoms with Gasteiger partial charge in [-0.3, -0.25) is 0 Å². The Bertz CT molecular complexity index is 1570. The van der Waals surface area contributed by atoms with Crippen molar-refractivity contribution in [1.29, 1.82) is 10.5 Å². The zero-order chi connectivity index (χ0) is 28.6. The number of thioether (sulfide) groups is 1. The fourth-order valence-electron chi connectivity index (χ4n) is 4.79. The Hall–Kier alpha value is -3.60. The van der Waals surface area contributed by atoms with E-state index in [1.54, 1.807) is 23.5 Å². The number of hydrogen-bond donors (Lipinski definition) is 1. The zero-order valence-corrected chi connectivity index (χ0v) is 24.7. The summed E-state index contributed by atoms with van der Waals surface area (Å²) >= 11 is 9.07. The van der Waals surface area contributed by atoms with Gasteiger partial charge in [0.05, 0.1) is 17.9 Å². The molecule has 0 atom stereocenters. The van der Waals surface area contributed by atoms with Gasteiger partial charge in [0.1, 0.15) is 45.9 Å². The molecule has 1 saturated heterocycles. The van der Waals surface area contributed by atoms with Crippen molar-refractivity contribution in [2.24, 2.45) is 0 Å². The van der Waals surface area contributed by atoms with E-state index in [4.69, 9.17) is 31.4 Å². The van der Waals surface area contributed by atoms with Crippen LogP contribution in [-0.4, -0.2) is 41.4 Å². The number of thiazole rings is 1. The molecule has 0 amide bonds. The average molecular weight is 602 g/mol. The van der Waals surface area contributed by atoms with Crippen LogP contribution in [0.25, 0.3) is 21.7 Å². The summed E-state index contributed by atoms with van der Waals surface area (Å²) in [6.45, 7) is 1.75. The highest BCUT2D eigenvalue weighted by Gasteiger charge is 2.25. The van der Waals surface area contributed by atoms with Gasteiger partial charge in [0, 0.05) is 40.4 Å². The topological polar surface area (TPSA) is 106 Å². The van der Waals surface area contributed by atoms with E-state index < -0.39 is 0 Å². The number of pyridine rings is 1. The highest BCUT2D eigenvalue weighted by molar-refractivity contribution is 7.98. The lowest BCUT2D eigenvalue weighted by atomic mass is 9.96. The fourth-order valence-corrected chi connectivity index (χ4v) is 6.72. The minimum atomic E-state index is -0.0801. The van der Waals surface area contributed by atoms with Gasteiger partial charge in [-0.1, -0.05) is 60.5 Å². The van der Waals surface area contributed by atoms with Gasteiger partial charge < -0.3 is 14.7 Å². The van der Waals surface area contributed by atoms with Gasteiger partial charge in [-0.05, 0) is 42.7 Å². The van der Waals surface area contributed by atoms with E-state index in [1.807, 2.05) is 41.8 Å². The van der Waals surface area contributed by atoms with Crippen LogP contribution in [0, 0.1) is 22.7 Å². The quantitative estimate of drug-likeness (QED) is 0.199. The predicted molar refractivity (Wildman–Crippen MR) is 164 cm³/mol. The summed E-state index contributed by atoms with van der Waals surface area (Å²) < 4.78 is 5.53. The minimum Gasteiger partial charge on any atom is -0.491 e. The van der Waals surface area contributed by atoms with Crippen LogP contribution in [0.5, 0.6) is 5.75 Å². The van der Waals surface area contributed by atoms with E-state index >= 15 is 0 Å². The average Bonchev–Trinajstić information content (AvgIpc) is 3.31.